The molecule has 6 heteroatoms. The van der Waals surface area contributed by atoms with Crippen LogP contribution in [0.5, 0.6) is 0 Å². The number of halogens is 2. The number of benzene rings is 1. The molecule has 0 bridgehead atoms. The van der Waals surface area contributed by atoms with Crippen molar-refractivity contribution in [1.29, 1.82) is 0 Å². The van der Waals surface area contributed by atoms with Gasteiger partial charge in [-0.15, -0.1) is 0 Å². The lowest BCUT2D eigenvalue weighted by molar-refractivity contribution is 0.0685. The van der Waals surface area contributed by atoms with Crippen molar-refractivity contribution in [3.8, 4) is 0 Å². The number of unbranched alkanes of at least 4 members (excludes halogenated alkanes) is 1. The highest BCUT2D eigenvalue weighted by Gasteiger charge is 2.42. The van der Waals surface area contributed by atoms with Gasteiger partial charge in [-0.25, -0.2) is 0 Å². The number of rotatable bonds is 6. The maximum atomic E-state index is 12.8. The van der Waals surface area contributed by atoms with Gasteiger partial charge in [-0.2, -0.15) is 17.2 Å². The van der Waals surface area contributed by atoms with E-state index >= 15 is 0 Å². The zero-order valence-corrected chi connectivity index (χ0v) is 9.96. The van der Waals surface area contributed by atoms with Gasteiger partial charge >= 0.3 is 15.4 Å². The van der Waals surface area contributed by atoms with Crippen LogP contribution in [0.25, 0.3) is 0 Å². The standard InChI is InChI=1S/C11H14F2O3S/c12-11(13,17(14,15)16)9-5-4-8-10-6-2-1-3-7-10/h1-3,6-7H,4-5,8-9H2,(H,14,15,16). The van der Waals surface area contributed by atoms with Gasteiger partial charge in [0.15, 0.2) is 0 Å². The molecule has 1 rings (SSSR count). The number of hydrogen-bond acceptors (Lipinski definition) is 2. The first kappa shape index (κ1) is 14.1. The van der Waals surface area contributed by atoms with Crippen LogP contribution < -0.4 is 0 Å². The van der Waals surface area contributed by atoms with Crippen molar-refractivity contribution in [3.05, 3.63) is 35.9 Å². The number of aryl methyl sites for hydroxylation is 1. The molecule has 0 heterocycles. The third-order valence-corrected chi connectivity index (χ3v) is 3.36. The van der Waals surface area contributed by atoms with E-state index in [9.17, 15) is 17.2 Å². The second-order valence-electron chi connectivity index (χ2n) is 3.81. The van der Waals surface area contributed by atoms with E-state index in [-0.39, 0.29) is 6.42 Å². The first-order valence-electron chi connectivity index (χ1n) is 5.22. The summed E-state index contributed by atoms with van der Waals surface area (Å²) < 4.78 is 54.6. The lowest BCUT2D eigenvalue weighted by Crippen LogP contribution is -2.27. The molecular formula is C11H14F2O3S. The lowest BCUT2D eigenvalue weighted by atomic mass is 10.1. The van der Waals surface area contributed by atoms with Crippen LogP contribution >= 0.6 is 0 Å². The second kappa shape index (κ2) is 5.55. The van der Waals surface area contributed by atoms with Crippen LogP contribution in [-0.4, -0.2) is 18.2 Å². The third kappa shape index (κ3) is 4.40. The van der Waals surface area contributed by atoms with Crippen LogP contribution in [0.3, 0.4) is 0 Å². The Labute approximate surface area is 99.2 Å². The molecule has 0 aliphatic rings. The van der Waals surface area contributed by atoms with Gasteiger partial charge in [0.25, 0.3) is 0 Å². The molecule has 0 amide bonds. The molecule has 1 N–H and O–H groups in total. The quantitative estimate of drug-likeness (QED) is 0.635. The van der Waals surface area contributed by atoms with E-state index in [1.54, 1.807) is 0 Å². The van der Waals surface area contributed by atoms with E-state index in [2.05, 4.69) is 0 Å². The van der Waals surface area contributed by atoms with Crippen LogP contribution in [0, 0.1) is 0 Å². The molecule has 0 saturated heterocycles. The van der Waals surface area contributed by atoms with Gasteiger partial charge in [0, 0.05) is 6.42 Å². The van der Waals surface area contributed by atoms with Gasteiger partial charge in [0.05, 0.1) is 0 Å². The molecule has 17 heavy (non-hydrogen) atoms. The van der Waals surface area contributed by atoms with Gasteiger partial charge in [0.2, 0.25) is 0 Å². The Morgan fingerprint density at radius 2 is 1.71 bits per heavy atom. The SMILES string of the molecule is O=S(=O)(O)C(F)(F)CCCCc1ccccc1. The molecule has 0 atom stereocenters. The average molecular weight is 264 g/mol. The fourth-order valence-electron chi connectivity index (χ4n) is 1.43. The summed E-state index contributed by atoms with van der Waals surface area (Å²) in [6.07, 6.45) is 0.262. The van der Waals surface area contributed by atoms with E-state index in [4.69, 9.17) is 4.55 Å². The van der Waals surface area contributed by atoms with E-state index in [1.807, 2.05) is 30.3 Å². The lowest BCUT2D eigenvalue weighted by Gasteiger charge is -2.12. The van der Waals surface area contributed by atoms with Gasteiger partial charge < -0.3 is 0 Å². The van der Waals surface area contributed by atoms with E-state index in [0.717, 1.165) is 5.56 Å². The summed E-state index contributed by atoms with van der Waals surface area (Å²) in [7, 11) is -5.28. The fraction of sp³-hybridized carbons (Fsp3) is 0.455. The van der Waals surface area contributed by atoms with E-state index < -0.39 is 21.8 Å². The minimum absolute atomic E-state index is 0.0433. The zero-order chi connectivity index (χ0) is 12.9. The highest BCUT2D eigenvalue weighted by molar-refractivity contribution is 7.86. The van der Waals surface area contributed by atoms with Crippen molar-refractivity contribution in [3.63, 3.8) is 0 Å². The van der Waals surface area contributed by atoms with Crippen LogP contribution in [-0.2, 0) is 16.5 Å². The van der Waals surface area contributed by atoms with E-state index in [0.29, 0.717) is 12.8 Å². The van der Waals surface area contributed by atoms with E-state index in [1.165, 1.54) is 0 Å². The highest BCUT2D eigenvalue weighted by Crippen LogP contribution is 2.27. The monoisotopic (exact) mass is 264 g/mol. The molecule has 0 fully saturated rings. The maximum Gasteiger partial charge on any atom is 0.370 e. The first-order chi connectivity index (χ1) is 7.83. The predicted octanol–water partition coefficient (Wildman–Crippen LogP) is 2.88. The summed E-state index contributed by atoms with van der Waals surface area (Å²) in [6, 6.07) is 9.31. The Morgan fingerprint density at radius 1 is 1.12 bits per heavy atom. The van der Waals surface area contributed by atoms with Crippen molar-refractivity contribution in [1.82, 2.24) is 0 Å². The number of alkyl halides is 2. The molecule has 0 unspecified atom stereocenters. The summed E-state index contributed by atoms with van der Waals surface area (Å²) in [6.45, 7) is 0. The molecule has 1 aromatic carbocycles. The van der Waals surface area contributed by atoms with Crippen molar-refractivity contribution in [2.75, 3.05) is 0 Å². The van der Waals surface area contributed by atoms with Crippen molar-refractivity contribution < 1.29 is 21.8 Å². The molecule has 1 aromatic rings. The van der Waals surface area contributed by atoms with Gasteiger partial charge in [0.1, 0.15) is 0 Å². The molecule has 3 nitrogen and oxygen atoms in total. The van der Waals surface area contributed by atoms with Gasteiger partial charge in [-0.3, -0.25) is 4.55 Å². The number of hydrogen-bond donors (Lipinski definition) is 1. The van der Waals surface area contributed by atoms with Crippen LogP contribution in [0.2, 0.25) is 0 Å². The second-order valence-corrected chi connectivity index (χ2v) is 5.35. The molecule has 0 spiro atoms. The molecular weight excluding hydrogens is 250 g/mol. The molecule has 0 aliphatic carbocycles. The normalized spacial score (nSPS) is 12.6. The van der Waals surface area contributed by atoms with Crippen molar-refractivity contribution in [2.45, 2.75) is 30.9 Å². The fourth-order valence-corrected chi connectivity index (χ4v) is 1.84. The Hall–Kier alpha value is -1.01. The minimum Gasteiger partial charge on any atom is -0.281 e. The average Bonchev–Trinajstić information content (AvgIpc) is 2.24. The van der Waals surface area contributed by atoms with Gasteiger partial charge in [-0.1, -0.05) is 30.3 Å². The van der Waals surface area contributed by atoms with Crippen LogP contribution in [0.15, 0.2) is 30.3 Å². The topological polar surface area (TPSA) is 54.4 Å². The summed E-state index contributed by atoms with van der Waals surface area (Å²) in [5.41, 5.74) is 1.02. The van der Waals surface area contributed by atoms with Gasteiger partial charge in [-0.05, 0) is 24.8 Å². The molecule has 0 aromatic heterocycles. The summed E-state index contributed by atoms with van der Waals surface area (Å²) >= 11 is 0. The summed E-state index contributed by atoms with van der Waals surface area (Å²) in [5, 5.41) is -4.04. The van der Waals surface area contributed by atoms with Crippen LogP contribution in [0.4, 0.5) is 8.78 Å². The minimum atomic E-state index is -5.28. The molecule has 0 radical (unpaired) electrons. The Balaban J connectivity index is 2.35. The Bertz CT molecular complexity index is 443. The largest absolute Gasteiger partial charge is 0.370 e. The molecule has 0 saturated carbocycles. The smallest absolute Gasteiger partial charge is 0.281 e. The Morgan fingerprint density at radius 3 is 2.24 bits per heavy atom. The van der Waals surface area contributed by atoms with Crippen LogP contribution in [0.1, 0.15) is 24.8 Å². The highest BCUT2D eigenvalue weighted by atomic mass is 32.2. The molecule has 0 aliphatic heterocycles. The Kier molecular flexibility index (Phi) is 4.59. The summed E-state index contributed by atoms with van der Waals surface area (Å²) in [5.74, 6) is 0. The maximum absolute atomic E-state index is 12.8. The molecule has 96 valence electrons. The van der Waals surface area contributed by atoms with Crippen molar-refractivity contribution >= 4 is 10.1 Å². The zero-order valence-electron chi connectivity index (χ0n) is 9.14. The third-order valence-electron chi connectivity index (χ3n) is 2.40. The van der Waals surface area contributed by atoms with Crippen molar-refractivity contribution in [2.24, 2.45) is 0 Å². The summed E-state index contributed by atoms with van der Waals surface area (Å²) in [4.78, 5) is 0. The first-order valence-corrected chi connectivity index (χ1v) is 6.66. The predicted molar refractivity (Wildman–Crippen MR) is 60.5 cm³/mol.